The standard InChI is InChI=1S/C9H15NO4S/c1-5(14-2)8(9(12)13)10-4-6(15)3-7(10)11/h5-6,8,15H,3-4H2,1-2H3,(H,12,13)/t5-,6?,8+/m1/s1. The lowest BCUT2D eigenvalue weighted by molar-refractivity contribution is -0.153. The molecule has 0 bridgehead atoms. The fraction of sp³-hybridized carbons (Fsp3) is 0.778. The molecule has 86 valence electrons. The number of carbonyl (C=O) groups excluding carboxylic acids is 1. The highest BCUT2D eigenvalue weighted by molar-refractivity contribution is 7.81. The van der Waals surface area contributed by atoms with E-state index in [-0.39, 0.29) is 11.2 Å². The lowest BCUT2D eigenvalue weighted by Crippen LogP contribution is -2.49. The van der Waals surface area contributed by atoms with Gasteiger partial charge in [0.1, 0.15) is 0 Å². The average molecular weight is 233 g/mol. The highest BCUT2D eigenvalue weighted by Crippen LogP contribution is 2.21. The first-order chi connectivity index (χ1) is 6.97. The Labute approximate surface area is 93.8 Å². The van der Waals surface area contributed by atoms with E-state index < -0.39 is 18.1 Å². The smallest absolute Gasteiger partial charge is 0.329 e. The molecule has 1 unspecified atom stereocenters. The second-order valence-corrected chi connectivity index (χ2v) is 4.36. The van der Waals surface area contributed by atoms with Gasteiger partial charge in [0.15, 0.2) is 6.04 Å². The SMILES string of the molecule is CO[C@H](C)[C@@H](C(=O)O)N1CC(S)CC1=O. The van der Waals surface area contributed by atoms with Gasteiger partial charge in [-0.3, -0.25) is 4.79 Å². The van der Waals surface area contributed by atoms with Crippen LogP contribution in [0.5, 0.6) is 0 Å². The minimum absolute atomic E-state index is 0.0802. The number of likely N-dealkylation sites (tertiary alicyclic amines) is 1. The fourth-order valence-corrected chi connectivity index (χ4v) is 2.03. The summed E-state index contributed by atoms with van der Waals surface area (Å²) in [6.45, 7) is 2.00. The van der Waals surface area contributed by atoms with Crippen LogP contribution in [0.3, 0.4) is 0 Å². The Morgan fingerprint density at radius 2 is 2.33 bits per heavy atom. The van der Waals surface area contributed by atoms with Gasteiger partial charge in [-0.1, -0.05) is 0 Å². The number of rotatable bonds is 4. The third kappa shape index (κ3) is 2.63. The first kappa shape index (κ1) is 12.3. The highest BCUT2D eigenvalue weighted by Gasteiger charge is 2.39. The quantitative estimate of drug-likeness (QED) is 0.671. The number of carboxylic acids is 1. The van der Waals surface area contributed by atoms with Crippen LogP contribution in [-0.2, 0) is 14.3 Å². The second kappa shape index (κ2) is 4.85. The summed E-state index contributed by atoms with van der Waals surface area (Å²) in [5.74, 6) is -1.22. The second-order valence-electron chi connectivity index (χ2n) is 3.63. The van der Waals surface area contributed by atoms with Crippen LogP contribution < -0.4 is 0 Å². The topological polar surface area (TPSA) is 66.8 Å². The summed E-state index contributed by atoms with van der Waals surface area (Å²) in [5.41, 5.74) is 0. The molecule has 1 heterocycles. The number of thiol groups is 1. The highest BCUT2D eigenvalue weighted by atomic mass is 32.1. The molecular formula is C9H15NO4S. The molecule has 1 aliphatic rings. The summed E-state index contributed by atoms with van der Waals surface area (Å²) in [6, 6.07) is -0.917. The first-order valence-corrected chi connectivity index (χ1v) is 5.22. The van der Waals surface area contributed by atoms with Gasteiger partial charge in [-0.05, 0) is 6.92 Å². The maximum absolute atomic E-state index is 11.5. The number of carboxylic acid groups (broad SMARTS) is 1. The number of hydrogen-bond donors (Lipinski definition) is 2. The van der Waals surface area contributed by atoms with Crippen molar-refractivity contribution in [3.8, 4) is 0 Å². The van der Waals surface area contributed by atoms with Crippen LogP contribution in [0.25, 0.3) is 0 Å². The van der Waals surface area contributed by atoms with Gasteiger partial charge in [0.25, 0.3) is 0 Å². The zero-order valence-corrected chi connectivity index (χ0v) is 9.61. The van der Waals surface area contributed by atoms with Crippen molar-refractivity contribution >= 4 is 24.5 Å². The molecule has 0 aromatic heterocycles. The van der Waals surface area contributed by atoms with Crippen molar-refractivity contribution in [2.75, 3.05) is 13.7 Å². The fourth-order valence-electron chi connectivity index (χ4n) is 1.70. The Morgan fingerprint density at radius 3 is 2.67 bits per heavy atom. The summed E-state index contributed by atoms with van der Waals surface area (Å²) in [6.07, 6.45) is -0.228. The van der Waals surface area contributed by atoms with Crippen molar-refractivity contribution < 1.29 is 19.4 Å². The van der Waals surface area contributed by atoms with E-state index in [0.29, 0.717) is 13.0 Å². The molecule has 0 aliphatic carbocycles. The number of methoxy groups -OCH3 is 1. The molecule has 1 rings (SSSR count). The summed E-state index contributed by atoms with van der Waals surface area (Å²) >= 11 is 4.18. The van der Waals surface area contributed by atoms with Crippen molar-refractivity contribution in [3.63, 3.8) is 0 Å². The van der Waals surface area contributed by atoms with Gasteiger partial charge in [-0.15, -0.1) is 0 Å². The van der Waals surface area contributed by atoms with E-state index in [9.17, 15) is 9.59 Å². The van der Waals surface area contributed by atoms with Crippen LogP contribution in [-0.4, -0.2) is 52.9 Å². The van der Waals surface area contributed by atoms with Gasteiger partial charge in [-0.2, -0.15) is 12.6 Å². The van der Waals surface area contributed by atoms with Crippen molar-refractivity contribution in [2.24, 2.45) is 0 Å². The molecular weight excluding hydrogens is 218 g/mol. The van der Waals surface area contributed by atoms with Crippen molar-refractivity contribution in [1.82, 2.24) is 4.90 Å². The summed E-state index contributed by atoms with van der Waals surface area (Å²) in [4.78, 5) is 23.9. The third-order valence-corrected chi connectivity index (χ3v) is 2.89. The largest absolute Gasteiger partial charge is 0.480 e. The van der Waals surface area contributed by atoms with E-state index in [1.165, 1.54) is 12.0 Å². The zero-order valence-electron chi connectivity index (χ0n) is 8.71. The lowest BCUT2D eigenvalue weighted by Gasteiger charge is -2.28. The molecule has 0 spiro atoms. The zero-order chi connectivity index (χ0) is 11.6. The van der Waals surface area contributed by atoms with Crippen LogP contribution in [0.4, 0.5) is 0 Å². The van der Waals surface area contributed by atoms with E-state index in [0.717, 1.165) is 0 Å². The average Bonchev–Trinajstić information content (AvgIpc) is 2.45. The van der Waals surface area contributed by atoms with Crippen LogP contribution in [0.15, 0.2) is 0 Å². The van der Waals surface area contributed by atoms with E-state index in [4.69, 9.17) is 9.84 Å². The van der Waals surface area contributed by atoms with Crippen LogP contribution in [0.1, 0.15) is 13.3 Å². The molecule has 0 aromatic rings. The van der Waals surface area contributed by atoms with E-state index >= 15 is 0 Å². The van der Waals surface area contributed by atoms with E-state index in [1.54, 1.807) is 6.92 Å². The summed E-state index contributed by atoms with van der Waals surface area (Å²) < 4.78 is 4.97. The van der Waals surface area contributed by atoms with Crippen molar-refractivity contribution in [2.45, 2.75) is 30.7 Å². The molecule has 1 aliphatic heterocycles. The van der Waals surface area contributed by atoms with Crippen molar-refractivity contribution in [1.29, 1.82) is 0 Å². The number of aliphatic carboxylic acids is 1. The van der Waals surface area contributed by atoms with Gasteiger partial charge in [0.2, 0.25) is 5.91 Å². The van der Waals surface area contributed by atoms with Gasteiger partial charge in [0.05, 0.1) is 6.10 Å². The third-order valence-electron chi connectivity index (χ3n) is 2.54. The Balaban J connectivity index is 2.81. The molecule has 5 nitrogen and oxygen atoms in total. The molecule has 0 radical (unpaired) electrons. The number of amides is 1. The van der Waals surface area contributed by atoms with E-state index in [1.807, 2.05) is 0 Å². The van der Waals surface area contributed by atoms with Crippen LogP contribution >= 0.6 is 12.6 Å². The molecule has 1 fully saturated rings. The summed E-state index contributed by atoms with van der Waals surface area (Å²) in [5, 5.41) is 8.96. The van der Waals surface area contributed by atoms with E-state index in [2.05, 4.69) is 12.6 Å². The normalized spacial score (nSPS) is 25.4. The molecule has 0 saturated carbocycles. The number of carbonyl (C=O) groups is 2. The molecule has 1 N–H and O–H groups in total. The molecule has 1 saturated heterocycles. The Hall–Kier alpha value is -0.750. The number of nitrogens with zero attached hydrogens (tertiary/aromatic N) is 1. The van der Waals surface area contributed by atoms with Gasteiger partial charge >= 0.3 is 5.97 Å². The minimum Gasteiger partial charge on any atom is -0.480 e. The van der Waals surface area contributed by atoms with Crippen LogP contribution in [0, 0.1) is 0 Å². The van der Waals surface area contributed by atoms with Crippen molar-refractivity contribution in [3.05, 3.63) is 0 Å². The Kier molecular flexibility index (Phi) is 3.98. The maximum Gasteiger partial charge on any atom is 0.329 e. The predicted octanol–water partition coefficient (Wildman–Crippen LogP) is 0.00520. The predicted molar refractivity (Wildman–Crippen MR) is 57.0 cm³/mol. The molecule has 15 heavy (non-hydrogen) atoms. The lowest BCUT2D eigenvalue weighted by atomic mass is 10.1. The minimum atomic E-state index is -1.04. The maximum atomic E-state index is 11.5. The summed E-state index contributed by atoms with van der Waals surface area (Å²) in [7, 11) is 1.43. The number of hydrogen-bond acceptors (Lipinski definition) is 4. The molecule has 6 heteroatoms. The molecule has 3 atom stereocenters. The van der Waals surface area contributed by atoms with Gasteiger partial charge in [0, 0.05) is 25.3 Å². The monoisotopic (exact) mass is 233 g/mol. The number of ether oxygens (including phenoxy) is 1. The Morgan fingerprint density at radius 1 is 1.73 bits per heavy atom. The molecule has 0 aromatic carbocycles. The van der Waals surface area contributed by atoms with Gasteiger partial charge in [-0.25, -0.2) is 4.79 Å². The van der Waals surface area contributed by atoms with Gasteiger partial charge < -0.3 is 14.7 Å². The Bertz CT molecular complexity index is 271. The molecule has 1 amide bonds. The van der Waals surface area contributed by atoms with Crippen LogP contribution in [0.2, 0.25) is 0 Å². The first-order valence-electron chi connectivity index (χ1n) is 4.70.